The lowest BCUT2D eigenvalue weighted by molar-refractivity contribution is 0.996. The maximum Gasteiger partial charge on any atom is 0.229 e. The SMILES string of the molecule is CCc1cnc(N(C)c2ccc(NC)cc2)nc1. The van der Waals surface area contributed by atoms with Crippen LogP contribution in [0.1, 0.15) is 12.5 Å². The molecule has 1 aromatic heterocycles. The second-order valence-corrected chi connectivity index (χ2v) is 4.10. The van der Waals surface area contributed by atoms with Crippen LogP contribution in [0.5, 0.6) is 0 Å². The molecule has 1 heterocycles. The summed E-state index contributed by atoms with van der Waals surface area (Å²) in [4.78, 5) is 10.7. The summed E-state index contributed by atoms with van der Waals surface area (Å²) in [7, 11) is 3.88. The fourth-order valence-corrected chi connectivity index (χ4v) is 1.67. The molecule has 94 valence electrons. The molecule has 0 spiro atoms. The molecule has 0 saturated carbocycles. The quantitative estimate of drug-likeness (QED) is 0.895. The van der Waals surface area contributed by atoms with E-state index in [0.29, 0.717) is 5.95 Å². The first-order valence-corrected chi connectivity index (χ1v) is 6.07. The van der Waals surface area contributed by atoms with Crippen molar-refractivity contribution in [1.82, 2.24) is 9.97 Å². The van der Waals surface area contributed by atoms with Crippen molar-refractivity contribution in [2.75, 3.05) is 24.3 Å². The smallest absolute Gasteiger partial charge is 0.229 e. The summed E-state index contributed by atoms with van der Waals surface area (Å²) >= 11 is 0. The largest absolute Gasteiger partial charge is 0.388 e. The summed E-state index contributed by atoms with van der Waals surface area (Å²) < 4.78 is 0. The highest BCUT2D eigenvalue weighted by Crippen LogP contribution is 2.21. The van der Waals surface area contributed by atoms with E-state index in [1.54, 1.807) is 0 Å². The summed E-state index contributed by atoms with van der Waals surface area (Å²) in [6, 6.07) is 8.16. The fraction of sp³-hybridized carbons (Fsp3) is 0.286. The summed E-state index contributed by atoms with van der Waals surface area (Å²) in [5.41, 5.74) is 3.31. The highest BCUT2D eigenvalue weighted by Gasteiger charge is 2.06. The second kappa shape index (κ2) is 5.49. The average molecular weight is 242 g/mol. The molecule has 1 aromatic carbocycles. The number of aryl methyl sites for hydroxylation is 1. The van der Waals surface area contributed by atoms with Crippen molar-refractivity contribution < 1.29 is 0 Å². The Balaban J connectivity index is 2.20. The Morgan fingerprint density at radius 2 is 1.72 bits per heavy atom. The molecule has 18 heavy (non-hydrogen) atoms. The molecule has 0 unspecified atom stereocenters. The van der Waals surface area contributed by atoms with Gasteiger partial charge in [-0.15, -0.1) is 0 Å². The zero-order valence-corrected chi connectivity index (χ0v) is 11.0. The highest BCUT2D eigenvalue weighted by molar-refractivity contribution is 5.60. The number of nitrogens with one attached hydrogen (secondary N) is 1. The van der Waals surface area contributed by atoms with Crippen LogP contribution in [0.3, 0.4) is 0 Å². The van der Waals surface area contributed by atoms with E-state index in [4.69, 9.17) is 0 Å². The standard InChI is InChI=1S/C14H18N4/c1-4-11-9-16-14(17-10-11)18(3)13-7-5-12(15-2)6-8-13/h5-10,15H,4H2,1-3H3. The first kappa shape index (κ1) is 12.4. The summed E-state index contributed by atoms with van der Waals surface area (Å²) in [6.45, 7) is 2.10. The van der Waals surface area contributed by atoms with Crippen LogP contribution < -0.4 is 10.2 Å². The van der Waals surface area contributed by atoms with E-state index < -0.39 is 0 Å². The number of nitrogens with zero attached hydrogens (tertiary/aromatic N) is 3. The van der Waals surface area contributed by atoms with Crippen molar-refractivity contribution in [3.05, 3.63) is 42.2 Å². The minimum atomic E-state index is 0.712. The molecule has 0 atom stereocenters. The van der Waals surface area contributed by atoms with Crippen LogP contribution in [0, 0.1) is 0 Å². The maximum absolute atomic E-state index is 4.37. The van der Waals surface area contributed by atoms with Gasteiger partial charge in [0.2, 0.25) is 5.95 Å². The molecule has 0 aliphatic carbocycles. The van der Waals surface area contributed by atoms with Gasteiger partial charge in [-0.3, -0.25) is 0 Å². The Morgan fingerprint density at radius 3 is 2.22 bits per heavy atom. The molecule has 2 rings (SSSR count). The zero-order chi connectivity index (χ0) is 13.0. The molecule has 0 amide bonds. The first-order valence-electron chi connectivity index (χ1n) is 6.07. The predicted octanol–water partition coefficient (Wildman–Crippen LogP) is 2.85. The molecular formula is C14H18N4. The zero-order valence-electron chi connectivity index (χ0n) is 11.0. The van der Waals surface area contributed by atoms with Crippen molar-refractivity contribution in [3.63, 3.8) is 0 Å². The van der Waals surface area contributed by atoms with Crippen LogP contribution in [0.4, 0.5) is 17.3 Å². The fourth-order valence-electron chi connectivity index (χ4n) is 1.67. The predicted molar refractivity (Wildman–Crippen MR) is 75.5 cm³/mol. The minimum Gasteiger partial charge on any atom is -0.388 e. The highest BCUT2D eigenvalue weighted by atomic mass is 15.2. The molecule has 0 fully saturated rings. The van der Waals surface area contributed by atoms with Crippen molar-refractivity contribution in [3.8, 4) is 0 Å². The van der Waals surface area contributed by atoms with E-state index >= 15 is 0 Å². The Kier molecular flexibility index (Phi) is 3.77. The summed E-state index contributed by atoms with van der Waals surface area (Å²) in [5.74, 6) is 0.712. The van der Waals surface area contributed by atoms with Gasteiger partial charge >= 0.3 is 0 Å². The lowest BCUT2D eigenvalue weighted by Crippen LogP contribution is -2.13. The third-order valence-electron chi connectivity index (χ3n) is 2.94. The molecule has 0 saturated heterocycles. The third-order valence-corrected chi connectivity index (χ3v) is 2.94. The average Bonchev–Trinajstić information content (AvgIpc) is 2.47. The Labute approximate surface area is 108 Å². The van der Waals surface area contributed by atoms with Crippen molar-refractivity contribution in [2.45, 2.75) is 13.3 Å². The Morgan fingerprint density at radius 1 is 1.11 bits per heavy atom. The van der Waals surface area contributed by atoms with Gasteiger partial charge in [-0.05, 0) is 36.2 Å². The van der Waals surface area contributed by atoms with Gasteiger partial charge in [-0.2, -0.15) is 0 Å². The molecule has 0 aliphatic rings. The van der Waals surface area contributed by atoms with Gasteiger partial charge in [0.15, 0.2) is 0 Å². The van der Waals surface area contributed by atoms with Crippen LogP contribution in [0.15, 0.2) is 36.7 Å². The number of aromatic nitrogens is 2. The molecule has 0 aliphatic heterocycles. The van der Waals surface area contributed by atoms with Gasteiger partial charge < -0.3 is 10.2 Å². The lowest BCUT2D eigenvalue weighted by atomic mass is 10.2. The lowest BCUT2D eigenvalue weighted by Gasteiger charge is -2.17. The first-order chi connectivity index (χ1) is 8.74. The number of hydrogen-bond acceptors (Lipinski definition) is 4. The van der Waals surface area contributed by atoms with Gasteiger partial charge in [0.1, 0.15) is 0 Å². The van der Waals surface area contributed by atoms with Gasteiger partial charge in [-0.25, -0.2) is 9.97 Å². The van der Waals surface area contributed by atoms with E-state index in [2.05, 4.69) is 22.2 Å². The van der Waals surface area contributed by atoms with Gasteiger partial charge in [0.05, 0.1) is 0 Å². The van der Waals surface area contributed by atoms with Crippen molar-refractivity contribution >= 4 is 17.3 Å². The van der Waals surface area contributed by atoms with E-state index in [1.165, 1.54) is 0 Å². The van der Waals surface area contributed by atoms with E-state index in [9.17, 15) is 0 Å². The minimum absolute atomic E-state index is 0.712. The van der Waals surface area contributed by atoms with E-state index in [1.807, 2.05) is 55.7 Å². The second-order valence-electron chi connectivity index (χ2n) is 4.10. The number of rotatable bonds is 4. The summed E-state index contributed by atoms with van der Waals surface area (Å²) in [5, 5.41) is 3.10. The number of anilines is 3. The summed E-state index contributed by atoms with van der Waals surface area (Å²) in [6.07, 6.45) is 4.71. The Hall–Kier alpha value is -2.10. The molecule has 2 aromatic rings. The van der Waals surface area contributed by atoms with Crippen LogP contribution in [0.2, 0.25) is 0 Å². The van der Waals surface area contributed by atoms with Crippen molar-refractivity contribution in [2.24, 2.45) is 0 Å². The van der Waals surface area contributed by atoms with Crippen LogP contribution in [0.25, 0.3) is 0 Å². The van der Waals surface area contributed by atoms with Gasteiger partial charge in [0, 0.05) is 37.9 Å². The number of benzene rings is 1. The molecule has 1 N–H and O–H groups in total. The van der Waals surface area contributed by atoms with Crippen LogP contribution >= 0.6 is 0 Å². The maximum atomic E-state index is 4.37. The van der Waals surface area contributed by atoms with Crippen LogP contribution in [-0.2, 0) is 6.42 Å². The Bertz CT molecular complexity index is 443. The van der Waals surface area contributed by atoms with Gasteiger partial charge in [-0.1, -0.05) is 6.92 Å². The molecule has 4 nitrogen and oxygen atoms in total. The van der Waals surface area contributed by atoms with Crippen LogP contribution in [-0.4, -0.2) is 24.1 Å². The topological polar surface area (TPSA) is 41.1 Å². The molecule has 4 heteroatoms. The molecule has 0 bridgehead atoms. The molecule has 0 radical (unpaired) electrons. The third kappa shape index (κ3) is 2.59. The number of hydrogen-bond donors (Lipinski definition) is 1. The van der Waals surface area contributed by atoms with Crippen molar-refractivity contribution in [1.29, 1.82) is 0 Å². The van der Waals surface area contributed by atoms with Gasteiger partial charge in [0.25, 0.3) is 0 Å². The van der Waals surface area contributed by atoms with E-state index in [-0.39, 0.29) is 0 Å². The van der Waals surface area contributed by atoms with E-state index in [0.717, 1.165) is 23.4 Å². The normalized spacial score (nSPS) is 10.2. The molecular weight excluding hydrogens is 224 g/mol. The monoisotopic (exact) mass is 242 g/mol.